The Balaban J connectivity index is 3.11. The smallest absolute Gasteiger partial charge is 0.258 e. The van der Waals surface area contributed by atoms with Crippen molar-refractivity contribution in [2.75, 3.05) is 13.1 Å². The third-order valence-corrected chi connectivity index (χ3v) is 4.48. The van der Waals surface area contributed by atoms with Gasteiger partial charge in [0.05, 0.1) is 16.4 Å². The molecule has 0 aliphatic rings. The summed E-state index contributed by atoms with van der Waals surface area (Å²) in [6.07, 6.45) is 1.86. The van der Waals surface area contributed by atoms with E-state index < -0.39 is 27.3 Å². The van der Waals surface area contributed by atoms with Crippen molar-refractivity contribution in [2.45, 2.75) is 11.3 Å². The summed E-state index contributed by atoms with van der Waals surface area (Å²) in [6.45, 7) is 6.13. The van der Waals surface area contributed by atoms with Gasteiger partial charge in [0.15, 0.2) is 0 Å². The molecule has 0 heterocycles. The number of hydrogen-bond donors (Lipinski definition) is 0. The van der Waals surface area contributed by atoms with Crippen LogP contribution >= 0.6 is 0 Å². The van der Waals surface area contributed by atoms with Gasteiger partial charge in [0, 0.05) is 18.7 Å². The van der Waals surface area contributed by atoms with Gasteiger partial charge < -0.3 is 0 Å². The molecule has 0 fully saturated rings. The molecule has 0 aliphatic carbocycles. The first-order valence-corrected chi connectivity index (χ1v) is 7.42. The largest absolute Gasteiger partial charge is 0.269 e. The fourth-order valence-corrected chi connectivity index (χ4v) is 3.03. The van der Waals surface area contributed by atoms with E-state index in [1.807, 2.05) is 0 Å². The molecular weight excluding hydrogens is 299 g/mol. The van der Waals surface area contributed by atoms with E-state index in [1.54, 1.807) is 0 Å². The van der Waals surface area contributed by atoms with Gasteiger partial charge in [-0.25, -0.2) is 12.8 Å². The Kier molecular flexibility index (Phi) is 5.74. The molecule has 0 aromatic heterocycles. The zero-order valence-electron chi connectivity index (χ0n) is 11.2. The van der Waals surface area contributed by atoms with E-state index in [0.29, 0.717) is 6.42 Å². The van der Waals surface area contributed by atoms with E-state index in [0.717, 1.165) is 28.6 Å². The minimum atomic E-state index is -3.95. The van der Waals surface area contributed by atoms with E-state index >= 15 is 0 Å². The number of benzene rings is 1. The number of nitrogens with zero attached hydrogens (tertiary/aromatic N) is 2. The first-order chi connectivity index (χ1) is 9.78. The Bertz CT molecular complexity index is 641. The van der Waals surface area contributed by atoms with Gasteiger partial charge in [-0.15, -0.1) is 6.58 Å². The fraction of sp³-hybridized carbons (Fsp3) is 0.231. The number of hydrogen-bond acceptors (Lipinski definition) is 4. The van der Waals surface area contributed by atoms with Crippen LogP contribution in [0.4, 0.5) is 10.1 Å². The highest BCUT2D eigenvalue weighted by atomic mass is 32.2. The van der Waals surface area contributed by atoms with Gasteiger partial charge in [-0.3, -0.25) is 10.1 Å². The summed E-state index contributed by atoms with van der Waals surface area (Å²) in [5.41, 5.74) is -0.221. The number of non-ortho nitro benzene ring substituents is 1. The van der Waals surface area contributed by atoms with Crippen molar-refractivity contribution in [3.8, 4) is 0 Å². The molecule has 8 heteroatoms. The Morgan fingerprint density at radius 1 is 1.38 bits per heavy atom. The Labute approximate surface area is 122 Å². The first kappa shape index (κ1) is 17.0. The van der Waals surface area contributed by atoms with E-state index in [2.05, 4.69) is 13.2 Å². The van der Waals surface area contributed by atoms with Crippen molar-refractivity contribution in [1.82, 2.24) is 4.31 Å². The highest BCUT2D eigenvalue weighted by Crippen LogP contribution is 2.20. The molecule has 0 radical (unpaired) electrons. The van der Waals surface area contributed by atoms with Crippen molar-refractivity contribution in [3.63, 3.8) is 0 Å². The molecule has 0 bridgehead atoms. The Morgan fingerprint density at radius 2 is 1.95 bits per heavy atom. The lowest BCUT2D eigenvalue weighted by molar-refractivity contribution is -0.384. The summed E-state index contributed by atoms with van der Waals surface area (Å²) in [5.74, 6) is -0.787. The zero-order valence-corrected chi connectivity index (χ0v) is 12.1. The molecule has 0 amide bonds. The van der Waals surface area contributed by atoms with Gasteiger partial charge in [-0.1, -0.05) is 12.7 Å². The first-order valence-electron chi connectivity index (χ1n) is 5.98. The molecule has 21 heavy (non-hydrogen) atoms. The minimum absolute atomic E-state index is 0.0474. The summed E-state index contributed by atoms with van der Waals surface area (Å²) < 4.78 is 38.6. The molecule has 114 valence electrons. The van der Waals surface area contributed by atoms with Crippen LogP contribution < -0.4 is 0 Å². The van der Waals surface area contributed by atoms with Crippen LogP contribution in [0.1, 0.15) is 6.42 Å². The molecule has 0 unspecified atom stereocenters. The van der Waals surface area contributed by atoms with E-state index in [-0.39, 0.29) is 17.1 Å². The number of rotatable bonds is 8. The van der Waals surface area contributed by atoms with Gasteiger partial charge >= 0.3 is 0 Å². The molecule has 0 atom stereocenters. The summed E-state index contributed by atoms with van der Waals surface area (Å²) in [5, 5.41) is 10.6. The normalized spacial score (nSPS) is 11.3. The van der Waals surface area contributed by atoms with E-state index in [1.165, 1.54) is 6.08 Å². The molecule has 0 saturated carbocycles. The maximum atomic E-state index is 13.0. The molecular formula is C13H15FN2O4S. The molecule has 0 spiro atoms. The molecule has 1 aromatic rings. The molecule has 0 saturated heterocycles. The molecule has 6 nitrogen and oxygen atoms in total. The summed E-state index contributed by atoms with van der Waals surface area (Å²) in [6, 6.07) is 4.41. The second kappa shape index (κ2) is 7.09. The summed E-state index contributed by atoms with van der Waals surface area (Å²) >= 11 is 0. The van der Waals surface area contributed by atoms with Gasteiger partial charge in [-0.05, 0) is 18.6 Å². The van der Waals surface area contributed by atoms with Crippen molar-refractivity contribution < 1.29 is 17.7 Å². The predicted octanol–water partition coefficient (Wildman–Crippen LogP) is 2.64. The third kappa shape index (κ3) is 4.47. The van der Waals surface area contributed by atoms with Crippen LogP contribution in [-0.4, -0.2) is 30.7 Å². The maximum Gasteiger partial charge on any atom is 0.269 e. The van der Waals surface area contributed by atoms with E-state index in [4.69, 9.17) is 0 Å². The van der Waals surface area contributed by atoms with Crippen molar-refractivity contribution >= 4 is 15.7 Å². The molecule has 0 aliphatic heterocycles. The fourth-order valence-electron chi connectivity index (χ4n) is 1.60. The van der Waals surface area contributed by atoms with Crippen LogP contribution in [0, 0.1) is 10.1 Å². The second-order valence-corrected chi connectivity index (χ2v) is 6.12. The van der Waals surface area contributed by atoms with Crippen molar-refractivity contribution in [3.05, 3.63) is 59.4 Å². The highest BCUT2D eigenvalue weighted by Gasteiger charge is 2.25. The molecule has 1 rings (SSSR count). The van der Waals surface area contributed by atoms with Crippen LogP contribution in [0.15, 0.2) is 54.2 Å². The second-order valence-electron chi connectivity index (χ2n) is 4.18. The quantitative estimate of drug-likeness (QED) is 0.420. The van der Waals surface area contributed by atoms with Crippen LogP contribution in [0.3, 0.4) is 0 Å². The van der Waals surface area contributed by atoms with Crippen LogP contribution in [0.2, 0.25) is 0 Å². The Morgan fingerprint density at radius 3 is 2.38 bits per heavy atom. The van der Waals surface area contributed by atoms with Crippen LogP contribution in [0.5, 0.6) is 0 Å². The number of halogens is 1. The summed E-state index contributed by atoms with van der Waals surface area (Å²) in [4.78, 5) is 9.79. The average molecular weight is 314 g/mol. The van der Waals surface area contributed by atoms with Gasteiger partial charge in [0.1, 0.15) is 5.83 Å². The lowest BCUT2D eigenvalue weighted by atomic mass is 10.3. The molecule has 1 aromatic carbocycles. The van der Waals surface area contributed by atoms with Crippen molar-refractivity contribution in [2.24, 2.45) is 0 Å². The van der Waals surface area contributed by atoms with Gasteiger partial charge in [0.25, 0.3) is 5.69 Å². The standard InChI is InChI=1S/C13H15FN2O4S/c1-3-4-9-15(10-11(2)14)21(19,20)13-7-5-12(6-8-13)16(17)18/h3,5-8H,1-2,4,9-10H2. The maximum absolute atomic E-state index is 13.0. The SMILES string of the molecule is C=CCCN(CC(=C)F)S(=O)(=O)c1ccc([N+](=O)[O-])cc1. The predicted molar refractivity (Wildman–Crippen MR) is 76.9 cm³/mol. The monoisotopic (exact) mass is 314 g/mol. The third-order valence-electron chi connectivity index (χ3n) is 2.62. The highest BCUT2D eigenvalue weighted by molar-refractivity contribution is 7.89. The van der Waals surface area contributed by atoms with Crippen LogP contribution in [-0.2, 0) is 10.0 Å². The van der Waals surface area contributed by atoms with Crippen molar-refractivity contribution in [1.29, 1.82) is 0 Å². The number of nitro groups is 1. The number of sulfonamides is 1. The zero-order chi connectivity index (χ0) is 16.0. The number of nitro benzene ring substituents is 1. The molecule has 0 N–H and O–H groups in total. The van der Waals surface area contributed by atoms with E-state index in [9.17, 15) is 22.9 Å². The topological polar surface area (TPSA) is 80.5 Å². The Hall–Kier alpha value is -2.06. The lowest BCUT2D eigenvalue weighted by Gasteiger charge is -2.20. The van der Waals surface area contributed by atoms with Gasteiger partial charge in [0.2, 0.25) is 10.0 Å². The van der Waals surface area contributed by atoms with Crippen LogP contribution in [0.25, 0.3) is 0 Å². The minimum Gasteiger partial charge on any atom is -0.258 e. The average Bonchev–Trinajstić information content (AvgIpc) is 2.43. The van der Waals surface area contributed by atoms with Gasteiger partial charge in [-0.2, -0.15) is 4.31 Å². The summed E-state index contributed by atoms with van der Waals surface area (Å²) in [7, 11) is -3.95. The lowest BCUT2D eigenvalue weighted by Crippen LogP contribution is -2.33.